The molecule has 0 aliphatic heterocycles. The maximum absolute atomic E-state index is 8.39. The second-order valence-electron chi connectivity index (χ2n) is 20.1. The van der Waals surface area contributed by atoms with Gasteiger partial charge in [0.1, 0.15) is 0 Å². The van der Waals surface area contributed by atoms with Crippen LogP contribution < -0.4 is 50.5 Å². The molecule has 0 aliphatic rings. The normalized spacial score (nSPS) is 11.2. The van der Waals surface area contributed by atoms with E-state index in [1.807, 2.05) is 0 Å². The third-order valence-corrected chi connectivity index (χ3v) is 12.6. The van der Waals surface area contributed by atoms with Crippen LogP contribution in [-0.4, -0.2) is 91.4 Å². The van der Waals surface area contributed by atoms with Gasteiger partial charge < -0.3 is 66.9 Å². The summed E-state index contributed by atoms with van der Waals surface area (Å²) in [6, 6.07) is 0. The number of guanidine groups is 3. The van der Waals surface area contributed by atoms with Crippen molar-refractivity contribution in [3.05, 3.63) is 11.5 Å². The Hall–Kier alpha value is -5.82. The van der Waals surface area contributed by atoms with Crippen LogP contribution in [0.3, 0.4) is 0 Å². The molecular formula is C57H111N21. The minimum atomic E-state index is 0.167. The smallest absolute Gasteiger partial charge is 0.259 e. The van der Waals surface area contributed by atoms with Gasteiger partial charge in [-0.05, 0) is 135 Å². The Labute approximate surface area is 472 Å². The third kappa shape index (κ3) is 64.5. The number of nitrogens with two attached hydrogens (primary N) is 6. The average molecular weight is 1090 g/mol. The molecule has 0 radical (unpaired) electrons. The molecule has 0 atom stereocenters. The molecule has 0 bridgehead atoms. The van der Waals surface area contributed by atoms with Gasteiger partial charge in [-0.1, -0.05) is 121 Å². The molecule has 0 heterocycles. The van der Waals surface area contributed by atoms with E-state index >= 15 is 0 Å². The summed E-state index contributed by atoms with van der Waals surface area (Å²) in [6.45, 7) is 10.8. The van der Waals surface area contributed by atoms with E-state index < -0.39 is 0 Å². The highest BCUT2D eigenvalue weighted by Gasteiger charge is 2.07. The zero-order valence-corrected chi connectivity index (χ0v) is 48.5. The Morgan fingerprint density at radius 1 is 0.346 bits per heavy atom. The third-order valence-electron chi connectivity index (χ3n) is 12.6. The molecule has 0 aromatic heterocycles. The maximum Gasteiger partial charge on any atom is 0.259 e. The van der Waals surface area contributed by atoms with Crippen LogP contribution in [0.15, 0.2) is 15.0 Å². The Bertz CT molecular complexity index is 1670. The molecular weight excluding hydrogens is 979 g/mol. The summed E-state index contributed by atoms with van der Waals surface area (Å²) in [7, 11) is 0. The molecule has 444 valence electrons. The highest BCUT2D eigenvalue weighted by Crippen LogP contribution is 2.14. The van der Waals surface area contributed by atoms with E-state index in [9.17, 15) is 0 Å². The lowest BCUT2D eigenvalue weighted by Crippen LogP contribution is -2.27. The van der Waals surface area contributed by atoms with E-state index in [1.54, 1.807) is 12.4 Å². The van der Waals surface area contributed by atoms with Crippen molar-refractivity contribution < 1.29 is 0 Å². The first-order chi connectivity index (χ1) is 37.8. The average Bonchev–Trinajstić information content (AvgIpc) is 3.40. The van der Waals surface area contributed by atoms with Gasteiger partial charge in [-0.25, -0.2) is 4.99 Å². The fraction of sp³-hybridized carbons (Fsp3) is 0.789. The fourth-order valence-corrected chi connectivity index (χ4v) is 8.17. The van der Waals surface area contributed by atoms with Crippen LogP contribution in [0.25, 0.3) is 4.95 Å². The molecule has 78 heavy (non-hydrogen) atoms. The first-order valence-electron chi connectivity index (χ1n) is 29.6. The monoisotopic (exact) mass is 1090 g/mol. The Kier molecular flexibility index (Phi) is 60.8. The SMILES string of the molecule is N#CNC(N)=NCCCCCCCC(=N)CC(=N)CCCCCCCN.N=C(CCCCCCCN)CC(=N)CCCCCCCN.[C-]#[N+]NC(N)=NCCCCCCCC(=N)CC(=N)CCCCCCCN=C(N)NC#N. The minimum Gasteiger partial charge on any atom is -0.369 e. The minimum absolute atomic E-state index is 0.167. The number of rotatable bonds is 51. The summed E-state index contributed by atoms with van der Waals surface area (Å²) in [6.07, 6.45) is 43.0. The summed E-state index contributed by atoms with van der Waals surface area (Å²) in [5.74, 6) is 0.520. The topological polar surface area (TPSA) is 424 Å². The largest absolute Gasteiger partial charge is 0.369 e. The van der Waals surface area contributed by atoms with E-state index in [0.717, 1.165) is 211 Å². The van der Waals surface area contributed by atoms with Crippen molar-refractivity contribution in [1.29, 1.82) is 43.0 Å². The molecule has 0 saturated carbocycles. The Morgan fingerprint density at radius 2 is 0.551 bits per heavy atom. The molecule has 21 N–H and O–H groups in total. The van der Waals surface area contributed by atoms with Crippen LogP contribution in [0.1, 0.15) is 250 Å². The number of nitriles is 2. The zero-order valence-electron chi connectivity index (χ0n) is 48.5. The molecule has 0 amide bonds. The van der Waals surface area contributed by atoms with Crippen molar-refractivity contribution in [2.75, 3.05) is 39.3 Å². The van der Waals surface area contributed by atoms with Gasteiger partial charge in [-0.3, -0.25) is 20.6 Å². The zero-order chi connectivity index (χ0) is 58.4. The predicted octanol–water partition coefficient (Wildman–Crippen LogP) is 10.7. The van der Waals surface area contributed by atoms with Crippen LogP contribution in [0.2, 0.25) is 0 Å². The second-order valence-corrected chi connectivity index (χ2v) is 20.1. The lowest BCUT2D eigenvalue weighted by atomic mass is 10.0. The predicted molar refractivity (Wildman–Crippen MR) is 330 cm³/mol. The van der Waals surface area contributed by atoms with Crippen LogP contribution >= 0.6 is 0 Å². The molecule has 21 nitrogen and oxygen atoms in total. The Balaban J connectivity index is -0.00000110. The standard InChI is InChI=1S/C21H38N10.C19H37N7.C17H36N4/c1-27-31-21(26)29-15-11-7-3-5-9-13-19(24)16-18(23)12-8-4-2-6-10-14-28-20(25)30-17-22;20-13-9-5-1-3-7-11-17(22)15-18(23)12-8-4-2-6-10-14-25-19(24)26-16-21;18-13-9-5-1-3-7-11-16(20)15-17(21)12-8-4-2-6-10-14-19/h23-24H,2-16H2,(H3,25,28,30)(H3,26,29,31);22-23H,1-15,20H2,(H3,24,25,26);20-21H,1-15,18-19H2. The molecule has 0 aromatic rings. The van der Waals surface area contributed by atoms with Crippen LogP contribution in [0.5, 0.6) is 0 Å². The lowest BCUT2D eigenvalue weighted by Gasteiger charge is -2.06. The van der Waals surface area contributed by atoms with Crippen LogP contribution in [-0.2, 0) is 0 Å². The summed E-state index contributed by atoms with van der Waals surface area (Å²) in [5.41, 5.74) is 39.2. The van der Waals surface area contributed by atoms with Gasteiger partial charge in [0.05, 0.1) is 0 Å². The lowest BCUT2D eigenvalue weighted by molar-refractivity contribution is 0.624. The Morgan fingerprint density at radius 3 is 0.769 bits per heavy atom. The van der Waals surface area contributed by atoms with Gasteiger partial charge in [-0.2, -0.15) is 22.0 Å². The van der Waals surface area contributed by atoms with Crippen LogP contribution in [0.4, 0.5) is 0 Å². The summed E-state index contributed by atoms with van der Waals surface area (Å²) in [4.78, 5) is 15.1. The molecule has 0 rings (SSSR count). The van der Waals surface area contributed by atoms with E-state index in [-0.39, 0.29) is 17.9 Å². The molecule has 0 aliphatic carbocycles. The van der Waals surface area contributed by atoms with Crippen molar-refractivity contribution in [3.8, 4) is 12.4 Å². The van der Waals surface area contributed by atoms with Gasteiger partial charge in [0.15, 0.2) is 12.4 Å². The van der Waals surface area contributed by atoms with E-state index in [4.69, 9.17) is 84.0 Å². The fourth-order valence-electron chi connectivity index (χ4n) is 8.17. The maximum atomic E-state index is 8.39. The quantitative estimate of drug-likeness (QED) is 0.00516. The molecule has 0 aromatic carbocycles. The highest BCUT2D eigenvalue weighted by atomic mass is 15.3. The number of hydrogen-bond donors (Lipinski definition) is 15. The number of aliphatic imine (C=N–C) groups is 3. The van der Waals surface area contributed by atoms with Crippen molar-refractivity contribution in [2.45, 2.75) is 250 Å². The summed E-state index contributed by atoms with van der Waals surface area (Å²) in [5, 5.41) is 69.3. The van der Waals surface area contributed by atoms with Gasteiger partial charge in [0.25, 0.3) is 5.96 Å². The number of hydrogen-bond acceptors (Lipinski definition) is 14. The van der Waals surface area contributed by atoms with Crippen LogP contribution in [0, 0.1) is 61.9 Å². The number of nitrogens with one attached hydrogen (secondary N) is 9. The molecule has 0 fully saturated rings. The van der Waals surface area contributed by atoms with E-state index in [1.165, 1.54) is 51.4 Å². The van der Waals surface area contributed by atoms with Crippen molar-refractivity contribution >= 4 is 52.1 Å². The van der Waals surface area contributed by atoms with Crippen molar-refractivity contribution in [3.63, 3.8) is 0 Å². The van der Waals surface area contributed by atoms with Gasteiger partial charge in [-0.15, -0.1) is 0 Å². The second kappa shape index (κ2) is 62.0. The van der Waals surface area contributed by atoms with E-state index in [2.05, 4.69) is 36.0 Å². The molecule has 0 spiro atoms. The molecule has 0 unspecified atom stereocenters. The highest BCUT2D eigenvalue weighted by molar-refractivity contribution is 6.02. The van der Waals surface area contributed by atoms with Crippen molar-refractivity contribution in [2.24, 2.45) is 49.4 Å². The number of nitrogens with zero attached hydrogens (tertiary/aromatic N) is 6. The molecule has 21 heteroatoms. The van der Waals surface area contributed by atoms with Gasteiger partial charge in [0.2, 0.25) is 11.9 Å². The van der Waals surface area contributed by atoms with Gasteiger partial charge in [0, 0.05) is 73.2 Å². The first kappa shape index (κ1) is 76.4. The summed E-state index contributed by atoms with van der Waals surface area (Å²) < 4.78 is 0. The van der Waals surface area contributed by atoms with Gasteiger partial charge >= 0.3 is 0 Å². The number of unbranched alkanes of at least 4 members (excludes halogenated alkanes) is 24. The van der Waals surface area contributed by atoms with E-state index in [0.29, 0.717) is 61.7 Å². The molecule has 0 saturated heterocycles. The van der Waals surface area contributed by atoms with Crippen molar-refractivity contribution in [1.82, 2.24) is 16.1 Å². The summed E-state index contributed by atoms with van der Waals surface area (Å²) >= 11 is 0. The first-order valence-corrected chi connectivity index (χ1v) is 29.6.